The molecule has 20 heavy (non-hydrogen) atoms. The van der Waals surface area contributed by atoms with Crippen molar-refractivity contribution >= 4 is 17.5 Å². The van der Waals surface area contributed by atoms with Crippen LogP contribution in [-0.4, -0.2) is 50.1 Å². The number of hydrogen-bond donors (Lipinski definition) is 1. The van der Waals surface area contributed by atoms with Crippen LogP contribution in [-0.2, 0) is 9.53 Å². The molecule has 0 saturated heterocycles. The van der Waals surface area contributed by atoms with E-state index < -0.39 is 0 Å². The number of fused-ring (bicyclic) bond motifs is 1. The minimum Gasteiger partial charge on any atom is -0.491 e. The Bertz CT molecular complexity index is 516. The van der Waals surface area contributed by atoms with E-state index in [1.807, 2.05) is 6.92 Å². The zero-order valence-corrected chi connectivity index (χ0v) is 11.6. The number of methoxy groups -OCH3 is 1. The van der Waals surface area contributed by atoms with E-state index >= 15 is 0 Å². The summed E-state index contributed by atoms with van der Waals surface area (Å²) in [5, 5.41) is 2.68. The first-order valence-corrected chi connectivity index (χ1v) is 6.50. The minimum absolute atomic E-state index is 0.0252. The molecule has 0 aromatic heterocycles. The zero-order chi connectivity index (χ0) is 14.5. The second-order valence-electron chi connectivity index (χ2n) is 4.43. The Morgan fingerprint density at radius 1 is 1.50 bits per heavy atom. The second kappa shape index (κ2) is 6.38. The molecule has 1 aliphatic heterocycles. The first-order valence-electron chi connectivity index (χ1n) is 6.50. The third-order valence-electron chi connectivity index (χ3n) is 3.06. The first kappa shape index (κ1) is 14.3. The van der Waals surface area contributed by atoms with Gasteiger partial charge in [0.25, 0.3) is 5.91 Å². The minimum atomic E-state index is -0.262. The molecule has 0 atom stereocenters. The number of nitrogens with zero attached hydrogens (tertiary/aromatic N) is 1. The third kappa shape index (κ3) is 3.08. The molecule has 1 heterocycles. The monoisotopic (exact) mass is 278 g/mol. The number of carbonyl (C=O) groups is 2. The van der Waals surface area contributed by atoms with Gasteiger partial charge in [-0.05, 0) is 25.1 Å². The molecule has 2 rings (SSSR count). The van der Waals surface area contributed by atoms with Crippen molar-refractivity contribution in [2.24, 2.45) is 0 Å². The van der Waals surface area contributed by atoms with Gasteiger partial charge >= 0.3 is 0 Å². The maximum absolute atomic E-state index is 12.3. The van der Waals surface area contributed by atoms with Crippen LogP contribution in [0.1, 0.15) is 17.3 Å². The second-order valence-corrected chi connectivity index (χ2v) is 4.43. The Kier molecular flexibility index (Phi) is 4.57. The number of rotatable bonds is 4. The van der Waals surface area contributed by atoms with Crippen LogP contribution >= 0.6 is 0 Å². The standard InChI is InChI=1S/C14H18N2O4/c1-3-16-6-7-20-12-5-4-10(8-11(12)14(16)18)15-13(17)9-19-2/h4-5,8H,3,6-7,9H2,1-2H3,(H,15,17). The molecule has 1 aromatic rings. The third-order valence-corrected chi connectivity index (χ3v) is 3.06. The highest BCUT2D eigenvalue weighted by atomic mass is 16.5. The molecular weight excluding hydrogens is 260 g/mol. The van der Waals surface area contributed by atoms with Crippen LogP contribution < -0.4 is 10.1 Å². The lowest BCUT2D eigenvalue weighted by Crippen LogP contribution is -2.32. The predicted molar refractivity (Wildman–Crippen MR) is 74.0 cm³/mol. The van der Waals surface area contributed by atoms with Crippen LogP contribution in [0.25, 0.3) is 0 Å². The molecule has 6 nitrogen and oxygen atoms in total. The van der Waals surface area contributed by atoms with Crippen molar-refractivity contribution in [1.29, 1.82) is 0 Å². The predicted octanol–water partition coefficient (Wildman–Crippen LogP) is 1.13. The van der Waals surface area contributed by atoms with Gasteiger partial charge in [0.2, 0.25) is 5.91 Å². The summed E-state index contributed by atoms with van der Waals surface area (Å²) in [4.78, 5) is 25.5. The van der Waals surface area contributed by atoms with Crippen LogP contribution in [0.5, 0.6) is 5.75 Å². The number of nitrogens with one attached hydrogen (secondary N) is 1. The Labute approximate surface area is 117 Å². The molecule has 108 valence electrons. The van der Waals surface area contributed by atoms with E-state index in [-0.39, 0.29) is 18.4 Å². The molecule has 1 aromatic carbocycles. The summed E-state index contributed by atoms with van der Waals surface area (Å²) < 4.78 is 10.3. The average Bonchev–Trinajstić information content (AvgIpc) is 2.59. The van der Waals surface area contributed by atoms with E-state index in [0.29, 0.717) is 36.7 Å². The number of likely N-dealkylation sites (N-methyl/N-ethyl adjacent to an activating group) is 1. The van der Waals surface area contributed by atoms with E-state index in [0.717, 1.165) is 0 Å². The molecule has 0 radical (unpaired) electrons. The van der Waals surface area contributed by atoms with Crippen LogP contribution in [0.3, 0.4) is 0 Å². The molecule has 1 aliphatic rings. The topological polar surface area (TPSA) is 67.9 Å². The van der Waals surface area contributed by atoms with Crippen molar-refractivity contribution in [1.82, 2.24) is 4.90 Å². The SMILES string of the molecule is CCN1CCOc2ccc(NC(=O)COC)cc2C1=O. The Balaban J connectivity index is 2.24. The first-order chi connectivity index (χ1) is 9.65. The quantitative estimate of drug-likeness (QED) is 0.896. The lowest BCUT2D eigenvalue weighted by atomic mass is 10.1. The summed E-state index contributed by atoms with van der Waals surface area (Å²) in [5.41, 5.74) is 1.03. The zero-order valence-electron chi connectivity index (χ0n) is 11.6. The summed E-state index contributed by atoms with van der Waals surface area (Å²) in [6, 6.07) is 5.05. The molecular formula is C14H18N2O4. The molecule has 0 saturated carbocycles. The van der Waals surface area contributed by atoms with Gasteiger partial charge in [0, 0.05) is 19.3 Å². The highest BCUT2D eigenvalue weighted by Gasteiger charge is 2.22. The van der Waals surface area contributed by atoms with Crippen LogP contribution in [0.4, 0.5) is 5.69 Å². The highest BCUT2D eigenvalue weighted by molar-refractivity contribution is 6.00. The molecule has 0 unspecified atom stereocenters. The van der Waals surface area contributed by atoms with Gasteiger partial charge in [-0.2, -0.15) is 0 Å². The van der Waals surface area contributed by atoms with Gasteiger partial charge in [0.1, 0.15) is 19.0 Å². The lowest BCUT2D eigenvalue weighted by molar-refractivity contribution is -0.119. The largest absolute Gasteiger partial charge is 0.491 e. The molecule has 0 fully saturated rings. The number of carbonyl (C=O) groups excluding carboxylic acids is 2. The summed E-state index contributed by atoms with van der Waals surface area (Å²) >= 11 is 0. The van der Waals surface area contributed by atoms with Crippen molar-refractivity contribution in [3.63, 3.8) is 0 Å². The molecule has 1 N–H and O–H groups in total. The van der Waals surface area contributed by atoms with Crippen molar-refractivity contribution < 1.29 is 19.1 Å². The number of ether oxygens (including phenoxy) is 2. The molecule has 0 aliphatic carbocycles. The molecule has 2 amide bonds. The van der Waals surface area contributed by atoms with E-state index in [9.17, 15) is 9.59 Å². The summed E-state index contributed by atoms with van der Waals surface area (Å²) in [6.45, 7) is 3.56. The summed E-state index contributed by atoms with van der Waals surface area (Å²) in [7, 11) is 1.45. The average molecular weight is 278 g/mol. The molecule has 0 bridgehead atoms. The Hall–Kier alpha value is -2.08. The molecule has 6 heteroatoms. The van der Waals surface area contributed by atoms with Crippen LogP contribution in [0, 0.1) is 0 Å². The van der Waals surface area contributed by atoms with Gasteiger partial charge in [-0.25, -0.2) is 0 Å². The van der Waals surface area contributed by atoms with Crippen molar-refractivity contribution in [2.75, 3.05) is 38.7 Å². The number of amides is 2. The number of benzene rings is 1. The van der Waals surface area contributed by atoms with E-state index in [1.54, 1.807) is 23.1 Å². The highest BCUT2D eigenvalue weighted by Crippen LogP contribution is 2.26. The van der Waals surface area contributed by atoms with Crippen molar-refractivity contribution in [2.45, 2.75) is 6.92 Å². The van der Waals surface area contributed by atoms with Crippen LogP contribution in [0.2, 0.25) is 0 Å². The maximum Gasteiger partial charge on any atom is 0.257 e. The van der Waals surface area contributed by atoms with Crippen molar-refractivity contribution in [3.8, 4) is 5.75 Å². The van der Waals surface area contributed by atoms with Crippen molar-refractivity contribution in [3.05, 3.63) is 23.8 Å². The van der Waals surface area contributed by atoms with Gasteiger partial charge in [0.15, 0.2) is 0 Å². The van der Waals surface area contributed by atoms with Gasteiger partial charge in [-0.15, -0.1) is 0 Å². The van der Waals surface area contributed by atoms with Gasteiger partial charge in [-0.3, -0.25) is 9.59 Å². The van der Waals surface area contributed by atoms with E-state index in [2.05, 4.69) is 5.32 Å². The normalized spacial score (nSPS) is 14.3. The number of hydrogen-bond acceptors (Lipinski definition) is 4. The summed E-state index contributed by atoms with van der Waals surface area (Å²) in [5.74, 6) is 0.209. The maximum atomic E-state index is 12.3. The van der Waals surface area contributed by atoms with Gasteiger partial charge in [-0.1, -0.05) is 0 Å². The smallest absolute Gasteiger partial charge is 0.257 e. The Morgan fingerprint density at radius 3 is 3.00 bits per heavy atom. The lowest BCUT2D eigenvalue weighted by Gasteiger charge is -2.17. The fourth-order valence-electron chi connectivity index (χ4n) is 2.07. The van der Waals surface area contributed by atoms with E-state index in [1.165, 1.54) is 7.11 Å². The molecule has 0 spiro atoms. The van der Waals surface area contributed by atoms with Gasteiger partial charge in [0.05, 0.1) is 12.1 Å². The van der Waals surface area contributed by atoms with Gasteiger partial charge < -0.3 is 19.7 Å². The fourth-order valence-corrected chi connectivity index (χ4v) is 2.07. The van der Waals surface area contributed by atoms with Crippen LogP contribution in [0.15, 0.2) is 18.2 Å². The van der Waals surface area contributed by atoms with E-state index in [4.69, 9.17) is 9.47 Å². The fraction of sp³-hybridized carbons (Fsp3) is 0.429. The summed E-state index contributed by atoms with van der Waals surface area (Å²) in [6.07, 6.45) is 0. The number of anilines is 1. The Morgan fingerprint density at radius 2 is 2.30 bits per heavy atom.